The number of esters is 1. The molecule has 5 nitrogen and oxygen atoms in total. The van der Waals surface area contributed by atoms with Gasteiger partial charge in [0.1, 0.15) is 0 Å². The predicted octanol–water partition coefficient (Wildman–Crippen LogP) is 2.31. The number of unbranched alkanes of at least 4 members (excludes halogenated alkanes) is 1. The van der Waals surface area contributed by atoms with Gasteiger partial charge >= 0.3 is 5.97 Å². The van der Waals surface area contributed by atoms with Gasteiger partial charge in [-0.15, -0.1) is 0 Å². The lowest BCUT2D eigenvalue weighted by Crippen LogP contribution is -2.48. The van der Waals surface area contributed by atoms with E-state index >= 15 is 0 Å². The van der Waals surface area contributed by atoms with Crippen molar-refractivity contribution in [2.75, 3.05) is 38.2 Å². The summed E-state index contributed by atoms with van der Waals surface area (Å²) >= 11 is 0. The zero-order chi connectivity index (χ0) is 15.9. The van der Waals surface area contributed by atoms with Crippen LogP contribution >= 0.6 is 0 Å². The highest BCUT2D eigenvalue weighted by Crippen LogP contribution is 2.19. The van der Waals surface area contributed by atoms with Gasteiger partial charge in [0.15, 0.2) is 0 Å². The third-order valence-corrected chi connectivity index (χ3v) is 4.01. The van der Waals surface area contributed by atoms with Crippen LogP contribution in [-0.4, -0.2) is 50.1 Å². The first-order valence-electron chi connectivity index (χ1n) is 7.86. The maximum absolute atomic E-state index is 12.0. The number of ether oxygens (including phenoxy) is 1. The molecule has 1 fully saturated rings. The Labute approximate surface area is 131 Å². The molecule has 1 aliphatic rings. The summed E-state index contributed by atoms with van der Waals surface area (Å²) in [4.78, 5) is 27.8. The third kappa shape index (κ3) is 4.00. The van der Waals surface area contributed by atoms with Gasteiger partial charge in [0, 0.05) is 38.3 Å². The lowest BCUT2D eigenvalue weighted by molar-refractivity contribution is -0.131. The van der Waals surface area contributed by atoms with Crippen molar-refractivity contribution in [2.24, 2.45) is 0 Å². The van der Waals surface area contributed by atoms with Gasteiger partial charge in [-0.25, -0.2) is 4.79 Å². The zero-order valence-corrected chi connectivity index (χ0v) is 13.4. The van der Waals surface area contributed by atoms with Crippen molar-refractivity contribution in [3.05, 3.63) is 29.8 Å². The average Bonchev–Trinajstić information content (AvgIpc) is 2.59. The molecule has 0 bridgehead atoms. The van der Waals surface area contributed by atoms with Crippen LogP contribution in [0.25, 0.3) is 0 Å². The van der Waals surface area contributed by atoms with Gasteiger partial charge in [-0.1, -0.05) is 19.4 Å². The lowest BCUT2D eigenvalue weighted by atomic mass is 10.1. The molecule has 120 valence electrons. The number of nitrogens with zero attached hydrogens (tertiary/aromatic N) is 2. The van der Waals surface area contributed by atoms with E-state index in [9.17, 15) is 9.59 Å². The Morgan fingerprint density at radius 2 is 1.91 bits per heavy atom. The fourth-order valence-corrected chi connectivity index (χ4v) is 2.65. The normalized spacial score (nSPS) is 14.8. The van der Waals surface area contributed by atoms with Crippen LogP contribution in [0.15, 0.2) is 24.3 Å². The number of carbonyl (C=O) groups is 2. The molecule has 1 heterocycles. The molecule has 1 aromatic rings. The number of methoxy groups -OCH3 is 1. The predicted molar refractivity (Wildman–Crippen MR) is 86.1 cm³/mol. The molecule has 0 unspecified atom stereocenters. The van der Waals surface area contributed by atoms with Crippen molar-refractivity contribution >= 4 is 17.6 Å². The Bertz CT molecular complexity index is 522. The van der Waals surface area contributed by atoms with Gasteiger partial charge in [-0.05, 0) is 24.6 Å². The minimum Gasteiger partial charge on any atom is -0.465 e. The highest BCUT2D eigenvalue weighted by atomic mass is 16.5. The number of piperazine rings is 1. The summed E-state index contributed by atoms with van der Waals surface area (Å²) in [7, 11) is 1.38. The molecule has 22 heavy (non-hydrogen) atoms. The van der Waals surface area contributed by atoms with E-state index in [-0.39, 0.29) is 11.9 Å². The Kier molecular flexibility index (Phi) is 5.81. The Morgan fingerprint density at radius 3 is 2.55 bits per heavy atom. The second-order valence-electron chi connectivity index (χ2n) is 5.51. The number of anilines is 1. The number of rotatable bonds is 5. The maximum Gasteiger partial charge on any atom is 0.337 e. The molecule has 2 rings (SSSR count). The number of hydrogen-bond donors (Lipinski definition) is 0. The zero-order valence-electron chi connectivity index (χ0n) is 13.4. The van der Waals surface area contributed by atoms with Crippen LogP contribution < -0.4 is 4.90 Å². The second-order valence-corrected chi connectivity index (χ2v) is 5.51. The van der Waals surface area contributed by atoms with Crippen LogP contribution in [0.4, 0.5) is 5.69 Å². The summed E-state index contributed by atoms with van der Waals surface area (Å²) < 4.78 is 4.75. The molecule has 0 aliphatic carbocycles. The van der Waals surface area contributed by atoms with E-state index in [1.807, 2.05) is 23.1 Å². The van der Waals surface area contributed by atoms with Gasteiger partial charge in [0.25, 0.3) is 0 Å². The van der Waals surface area contributed by atoms with Crippen molar-refractivity contribution in [1.29, 1.82) is 0 Å². The lowest BCUT2D eigenvalue weighted by Gasteiger charge is -2.36. The van der Waals surface area contributed by atoms with Crippen LogP contribution in [0.5, 0.6) is 0 Å². The summed E-state index contributed by atoms with van der Waals surface area (Å²) in [5.74, 6) is -0.0694. The van der Waals surface area contributed by atoms with Crippen molar-refractivity contribution in [3.8, 4) is 0 Å². The first kappa shape index (κ1) is 16.3. The molecule has 0 atom stereocenters. The van der Waals surface area contributed by atoms with Crippen LogP contribution in [-0.2, 0) is 9.53 Å². The van der Waals surface area contributed by atoms with E-state index in [2.05, 4.69) is 11.8 Å². The van der Waals surface area contributed by atoms with Crippen LogP contribution in [0.1, 0.15) is 36.5 Å². The van der Waals surface area contributed by atoms with E-state index in [1.54, 1.807) is 6.07 Å². The summed E-state index contributed by atoms with van der Waals surface area (Å²) in [5, 5.41) is 0. The van der Waals surface area contributed by atoms with E-state index in [1.165, 1.54) is 7.11 Å². The Hall–Kier alpha value is -2.04. The van der Waals surface area contributed by atoms with Crippen LogP contribution in [0.3, 0.4) is 0 Å². The van der Waals surface area contributed by atoms with E-state index < -0.39 is 0 Å². The van der Waals surface area contributed by atoms with Gasteiger partial charge in [0.2, 0.25) is 5.91 Å². The summed E-state index contributed by atoms with van der Waals surface area (Å²) in [6.07, 6.45) is 2.65. The standard InChI is InChI=1S/C17H24N2O3/c1-3-4-8-16(20)19-11-9-18(10-12-19)15-7-5-6-14(13-15)17(21)22-2/h5-7,13H,3-4,8-12H2,1-2H3. The largest absolute Gasteiger partial charge is 0.465 e. The Balaban J connectivity index is 1.94. The molecule has 0 saturated carbocycles. The van der Waals surface area contributed by atoms with E-state index in [0.717, 1.165) is 44.7 Å². The molecule has 1 aromatic carbocycles. The molecule has 0 radical (unpaired) electrons. The molecule has 1 saturated heterocycles. The average molecular weight is 304 g/mol. The Morgan fingerprint density at radius 1 is 1.18 bits per heavy atom. The molecule has 1 amide bonds. The molecule has 1 aliphatic heterocycles. The summed E-state index contributed by atoms with van der Waals surface area (Å²) in [5.41, 5.74) is 1.56. The molecule has 0 N–H and O–H groups in total. The summed E-state index contributed by atoms with van der Waals surface area (Å²) in [6, 6.07) is 7.45. The van der Waals surface area contributed by atoms with Crippen molar-refractivity contribution < 1.29 is 14.3 Å². The van der Waals surface area contributed by atoms with Crippen LogP contribution in [0.2, 0.25) is 0 Å². The monoisotopic (exact) mass is 304 g/mol. The SMILES string of the molecule is CCCCC(=O)N1CCN(c2cccc(C(=O)OC)c2)CC1. The first-order chi connectivity index (χ1) is 10.7. The maximum atomic E-state index is 12.0. The van der Waals surface area contributed by atoms with E-state index in [0.29, 0.717) is 12.0 Å². The second kappa shape index (κ2) is 7.82. The van der Waals surface area contributed by atoms with E-state index in [4.69, 9.17) is 4.74 Å². The molecule has 0 spiro atoms. The first-order valence-corrected chi connectivity index (χ1v) is 7.86. The molecule has 0 aromatic heterocycles. The van der Waals surface area contributed by atoms with Gasteiger partial charge in [-0.3, -0.25) is 4.79 Å². The van der Waals surface area contributed by atoms with Gasteiger partial charge < -0.3 is 14.5 Å². The van der Waals surface area contributed by atoms with Gasteiger partial charge in [0.05, 0.1) is 12.7 Å². The highest BCUT2D eigenvalue weighted by molar-refractivity contribution is 5.90. The quantitative estimate of drug-likeness (QED) is 0.783. The topological polar surface area (TPSA) is 49.9 Å². The number of carbonyl (C=O) groups excluding carboxylic acids is 2. The third-order valence-electron chi connectivity index (χ3n) is 4.01. The fraction of sp³-hybridized carbons (Fsp3) is 0.529. The fourth-order valence-electron chi connectivity index (χ4n) is 2.65. The van der Waals surface area contributed by atoms with Crippen molar-refractivity contribution in [2.45, 2.75) is 26.2 Å². The minimum atomic E-state index is -0.324. The van der Waals surface area contributed by atoms with Crippen molar-refractivity contribution in [3.63, 3.8) is 0 Å². The smallest absolute Gasteiger partial charge is 0.337 e. The van der Waals surface area contributed by atoms with Crippen LogP contribution in [0, 0.1) is 0 Å². The summed E-state index contributed by atoms with van der Waals surface area (Å²) in [6.45, 7) is 5.17. The highest BCUT2D eigenvalue weighted by Gasteiger charge is 2.21. The van der Waals surface area contributed by atoms with Crippen molar-refractivity contribution in [1.82, 2.24) is 4.90 Å². The van der Waals surface area contributed by atoms with Gasteiger partial charge in [-0.2, -0.15) is 0 Å². The molecular weight excluding hydrogens is 280 g/mol. The minimum absolute atomic E-state index is 0.254. The molecular formula is C17H24N2O3. The number of amides is 1. The molecule has 5 heteroatoms. The number of hydrogen-bond acceptors (Lipinski definition) is 4. The number of benzene rings is 1.